The van der Waals surface area contributed by atoms with Gasteiger partial charge in [-0.15, -0.1) is 0 Å². The van der Waals surface area contributed by atoms with E-state index in [1.54, 1.807) is 0 Å². The van der Waals surface area contributed by atoms with Crippen molar-refractivity contribution in [2.45, 2.75) is 6.42 Å². The predicted octanol–water partition coefficient (Wildman–Crippen LogP) is 1.93. The third kappa shape index (κ3) is 1.97. The number of rotatable bonds is 2. The largest absolute Gasteiger partial charge is 0.504 e. The molecule has 0 aliphatic carbocycles. The number of hydrogen-bond donors (Lipinski definition) is 2. The molecule has 2 nitrogen and oxygen atoms in total. The average Bonchev–Trinajstić information content (AvgIpc) is 2.11. The van der Waals surface area contributed by atoms with Gasteiger partial charge in [-0.3, -0.25) is 0 Å². The van der Waals surface area contributed by atoms with Crippen LogP contribution in [-0.4, -0.2) is 11.7 Å². The molecule has 1 aromatic carbocycles. The first-order valence-corrected chi connectivity index (χ1v) is 4.42. The van der Waals surface area contributed by atoms with Gasteiger partial charge < -0.3 is 10.8 Å². The normalized spacial score (nSPS) is 10.5. The molecule has 0 atom stereocenters. The standard InChI is InChI=1S/C8H8BrF2NO/c9-5-3-4(1-2-12)6(10)7(11)8(5)13/h3,13H,1-2,12H2. The molecule has 0 aromatic heterocycles. The molecular formula is C8H8BrF2NO. The van der Waals surface area contributed by atoms with Crippen LogP contribution < -0.4 is 5.73 Å². The SMILES string of the molecule is NCCc1cc(Br)c(O)c(F)c1F. The minimum atomic E-state index is -1.24. The lowest BCUT2D eigenvalue weighted by Crippen LogP contribution is -2.05. The molecule has 0 spiro atoms. The van der Waals surface area contributed by atoms with Crippen molar-refractivity contribution in [3.8, 4) is 5.75 Å². The number of benzene rings is 1. The fourth-order valence-electron chi connectivity index (χ4n) is 0.972. The molecule has 72 valence electrons. The van der Waals surface area contributed by atoms with Crippen LogP contribution in [-0.2, 0) is 6.42 Å². The second kappa shape index (κ2) is 4.02. The van der Waals surface area contributed by atoms with Crippen LogP contribution in [0.1, 0.15) is 5.56 Å². The third-order valence-electron chi connectivity index (χ3n) is 1.62. The second-order valence-corrected chi connectivity index (χ2v) is 3.39. The molecule has 3 N–H and O–H groups in total. The molecule has 0 amide bonds. The van der Waals surface area contributed by atoms with Crippen LogP contribution in [0.4, 0.5) is 8.78 Å². The molecule has 1 aromatic rings. The maximum atomic E-state index is 13.0. The molecule has 0 aliphatic rings. The van der Waals surface area contributed by atoms with Crippen LogP contribution in [0.5, 0.6) is 5.75 Å². The zero-order valence-electron chi connectivity index (χ0n) is 6.65. The van der Waals surface area contributed by atoms with Gasteiger partial charge in [-0.1, -0.05) is 0 Å². The van der Waals surface area contributed by atoms with Crippen molar-refractivity contribution < 1.29 is 13.9 Å². The molecule has 0 aliphatic heterocycles. The average molecular weight is 252 g/mol. The van der Waals surface area contributed by atoms with Gasteiger partial charge in [0.05, 0.1) is 4.47 Å². The van der Waals surface area contributed by atoms with E-state index in [2.05, 4.69) is 15.9 Å². The van der Waals surface area contributed by atoms with E-state index in [4.69, 9.17) is 10.8 Å². The van der Waals surface area contributed by atoms with Gasteiger partial charge in [-0.25, -0.2) is 4.39 Å². The van der Waals surface area contributed by atoms with Gasteiger partial charge >= 0.3 is 0 Å². The fraction of sp³-hybridized carbons (Fsp3) is 0.250. The highest BCUT2D eigenvalue weighted by Crippen LogP contribution is 2.30. The maximum Gasteiger partial charge on any atom is 0.201 e. The first-order chi connectivity index (χ1) is 6.07. The molecule has 0 heterocycles. The Morgan fingerprint density at radius 1 is 1.38 bits per heavy atom. The van der Waals surface area contributed by atoms with Crippen LogP contribution in [0, 0.1) is 11.6 Å². The number of hydrogen-bond acceptors (Lipinski definition) is 2. The number of nitrogens with two attached hydrogens (primary N) is 1. The van der Waals surface area contributed by atoms with Crippen molar-refractivity contribution >= 4 is 15.9 Å². The summed E-state index contributed by atoms with van der Waals surface area (Å²) in [4.78, 5) is 0. The summed E-state index contributed by atoms with van der Waals surface area (Å²) < 4.78 is 26.0. The molecule has 0 fully saturated rings. The Bertz CT molecular complexity index is 330. The Morgan fingerprint density at radius 3 is 2.54 bits per heavy atom. The number of phenolic OH excluding ortho intramolecular Hbond substituents is 1. The molecular weight excluding hydrogens is 244 g/mol. The molecule has 13 heavy (non-hydrogen) atoms. The zero-order chi connectivity index (χ0) is 10.0. The van der Waals surface area contributed by atoms with Crippen LogP contribution in [0.3, 0.4) is 0 Å². The highest BCUT2D eigenvalue weighted by atomic mass is 79.9. The highest BCUT2D eigenvalue weighted by molar-refractivity contribution is 9.10. The van der Waals surface area contributed by atoms with Crippen LogP contribution in [0.15, 0.2) is 10.5 Å². The third-order valence-corrected chi connectivity index (χ3v) is 2.23. The Morgan fingerprint density at radius 2 is 2.00 bits per heavy atom. The fourth-order valence-corrected chi connectivity index (χ4v) is 1.42. The second-order valence-electron chi connectivity index (χ2n) is 2.53. The summed E-state index contributed by atoms with van der Waals surface area (Å²) in [5.74, 6) is -2.98. The van der Waals surface area contributed by atoms with Crippen molar-refractivity contribution in [3.05, 3.63) is 27.7 Å². The number of halogens is 3. The minimum Gasteiger partial charge on any atom is -0.504 e. The maximum absolute atomic E-state index is 13.0. The molecule has 0 saturated carbocycles. The predicted molar refractivity (Wildman–Crippen MR) is 48.5 cm³/mol. The number of phenols is 1. The zero-order valence-corrected chi connectivity index (χ0v) is 8.24. The van der Waals surface area contributed by atoms with Gasteiger partial charge in [0.2, 0.25) is 5.82 Å². The van der Waals surface area contributed by atoms with E-state index >= 15 is 0 Å². The molecule has 0 bridgehead atoms. The summed E-state index contributed by atoms with van der Waals surface area (Å²) in [5, 5.41) is 8.99. The van der Waals surface area contributed by atoms with E-state index in [0.717, 1.165) is 0 Å². The summed E-state index contributed by atoms with van der Waals surface area (Å²) in [6, 6.07) is 1.32. The van der Waals surface area contributed by atoms with Crippen LogP contribution >= 0.6 is 15.9 Å². The lowest BCUT2D eigenvalue weighted by atomic mass is 10.1. The van der Waals surface area contributed by atoms with E-state index in [1.165, 1.54) is 6.07 Å². The first-order valence-electron chi connectivity index (χ1n) is 3.63. The number of aromatic hydroxyl groups is 1. The smallest absolute Gasteiger partial charge is 0.201 e. The summed E-state index contributed by atoms with van der Waals surface area (Å²) in [5.41, 5.74) is 5.36. The Balaban J connectivity index is 3.24. The van der Waals surface area contributed by atoms with Gasteiger partial charge in [0.15, 0.2) is 11.6 Å². The Labute approximate surface area is 82.5 Å². The first kappa shape index (κ1) is 10.4. The van der Waals surface area contributed by atoms with Gasteiger partial charge in [-0.2, -0.15) is 4.39 Å². The highest BCUT2D eigenvalue weighted by Gasteiger charge is 2.15. The van der Waals surface area contributed by atoms with E-state index in [-0.39, 0.29) is 23.0 Å². The van der Waals surface area contributed by atoms with E-state index in [0.29, 0.717) is 0 Å². The van der Waals surface area contributed by atoms with Gasteiger partial charge in [0.1, 0.15) is 0 Å². The topological polar surface area (TPSA) is 46.2 Å². The molecule has 5 heteroatoms. The Kier molecular flexibility index (Phi) is 3.22. The quantitative estimate of drug-likeness (QED) is 0.790. The molecule has 0 saturated heterocycles. The van der Waals surface area contributed by atoms with Gasteiger partial charge in [0.25, 0.3) is 0 Å². The van der Waals surface area contributed by atoms with Crippen LogP contribution in [0.25, 0.3) is 0 Å². The molecule has 0 unspecified atom stereocenters. The van der Waals surface area contributed by atoms with Crippen molar-refractivity contribution in [2.24, 2.45) is 5.73 Å². The molecule has 0 radical (unpaired) electrons. The molecule has 1 rings (SSSR count). The van der Waals surface area contributed by atoms with Crippen molar-refractivity contribution in [1.82, 2.24) is 0 Å². The lowest BCUT2D eigenvalue weighted by molar-refractivity contribution is 0.401. The van der Waals surface area contributed by atoms with Crippen molar-refractivity contribution in [1.29, 1.82) is 0 Å². The summed E-state index contributed by atoms with van der Waals surface area (Å²) in [6.45, 7) is 0.230. The van der Waals surface area contributed by atoms with Crippen molar-refractivity contribution in [3.63, 3.8) is 0 Å². The Hall–Kier alpha value is -0.680. The van der Waals surface area contributed by atoms with Gasteiger partial charge in [-0.05, 0) is 40.5 Å². The minimum absolute atomic E-state index is 0.134. The van der Waals surface area contributed by atoms with Crippen molar-refractivity contribution in [2.75, 3.05) is 6.54 Å². The summed E-state index contributed by atoms with van der Waals surface area (Å²) in [6.07, 6.45) is 0.238. The van der Waals surface area contributed by atoms with E-state index < -0.39 is 17.4 Å². The van der Waals surface area contributed by atoms with E-state index in [1.807, 2.05) is 0 Å². The summed E-state index contributed by atoms with van der Waals surface area (Å²) >= 11 is 2.90. The summed E-state index contributed by atoms with van der Waals surface area (Å²) in [7, 11) is 0. The van der Waals surface area contributed by atoms with E-state index in [9.17, 15) is 8.78 Å². The monoisotopic (exact) mass is 251 g/mol. The van der Waals surface area contributed by atoms with Gasteiger partial charge in [0, 0.05) is 0 Å². The van der Waals surface area contributed by atoms with Crippen LogP contribution in [0.2, 0.25) is 0 Å². The lowest BCUT2D eigenvalue weighted by Gasteiger charge is -2.05.